The molecule has 3 N–H and O–H groups in total. The van der Waals surface area contributed by atoms with E-state index in [0.717, 1.165) is 12.8 Å². The Bertz CT molecular complexity index is 239. The maximum atomic E-state index is 11.2. The summed E-state index contributed by atoms with van der Waals surface area (Å²) >= 11 is 0. The normalized spacial score (nSPS) is 16.6. The first-order valence-electron chi connectivity index (χ1n) is 5.60. The molecule has 1 saturated carbocycles. The van der Waals surface area contributed by atoms with Crippen LogP contribution in [0.2, 0.25) is 0 Å². The smallest absolute Gasteiger partial charge is 0.333 e. The highest BCUT2D eigenvalue weighted by molar-refractivity contribution is 5.81. The Balaban J connectivity index is 2.07. The Hall–Kier alpha value is -1.30. The minimum atomic E-state index is -0.453. The van der Waals surface area contributed by atoms with Crippen LogP contribution in [0, 0.1) is 0 Å². The standard InChI is InChI=1S/C10H19N3O3/c1-11-10(15)13-12-9(14)7-16-8-5-3-2-4-6-8/h8H,2-7H2,1H3,(H,12,14)(H2,11,13,15). The third-order valence-electron chi connectivity index (χ3n) is 2.54. The third-order valence-corrected chi connectivity index (χ3v) is 2.54. The van der Waals surface area contributed by atoms with Crippen molar-refractivity contribution in [1.29, 1.82) is 0 Å². The molecule has 0 aromatic heterocycles. The van der Waals surface area contributed by atoms with Crippen molar-refractivity contribution in [2.24, 2.45) is 0 Å². The molecule has 6 nitrogen and oxygen atoms in total. The van der Waals surface area contributed by atoms with Gasteiger partial charge < -0.3 is 10.1 Å². The van der Waals surface area contributed by atoms with Crippen LogP contribution >= 0.6 is 0 Å². The molecule has 0 aromatic rings. The number of ether oxygens (including phenoxy) is 1. The van der Waals surface area contributed by atoms with Crippen LogP contribution in [-0.2, 0) is 9.53 Å². The lowest BCUT2D eigenvalue weighted by Crippen LogP contribution is -2.47. The number of amides is 3. The van der Waals surface area contributed by atoms with E-state index in [2.05, 4.69) is 16.2 Å². The first kappa shape index (κ1) is 12.8. The van der Waals surface area contributed by atoms with Crippen LogP contribution in [0.25, 0.3) is 0 Å². The van der Waals surface area contributed by atoms with Gasteiger partial charge in [0.25, 0.3) is 5.91 Å². The predicted octanol–water partition coefficient (Wildman–Crippen LogP) is 0.296. The molecule has 0 saturated heterocycles. The lowest BCUT2D eigenvalue weighted by Gasteiger charge is -2.21. The third kappa shape index (κ3) is 4.97. The van der Waals surface area contributed by atoms with E-state index in [1.807, 2.05) is 0 Å². The highest BCUT2D eigenvalue weighted by Crippen LogP contribution is 2.19. The number of urea groups is 1. The van der Waals surface area contributed by atoms with Gasteiger partial charge in [-0.15, -0.1) is 0 Å². The van der Waals surface area contributed by atoms with Gasteiger partial charge in [0.2, 0.25) is 0 Å². The van der Waals surface area contributed by atoms with Crippen molar-refractivity contribution in [3.05, 3.63) is 0 Å². The summed E-state index contributed by atoms with van der Waals surface area (Å²) in [6, 6.07) is -0.453. The van der Waals surface area contributed by atoms with E-state index in [0.29, 0.717) is 0 Å². The van der Waals surface area contributed by atoms with E-state index in [9.17, 15) is 9.59 Å². The average molecular weight is 229 g/mol. The Labute approximate surface area is 95.1 Å². The SMILES string of the molecule is CNC(=O)NNC(=O)COC1CCCCC1. The summed E-state index contributed by atoms with van der Waals surface area (Å²) in [5.41, 5.74) is 4.44. The molecule has 0 spiro atoms. The monoisotopic (exact) mass is 229 g/mol. The zero-order valence-corrected chi connectivity index (χ0v) is 9.54. The molecule has 1 fully saturated rings. The van der Waals surface area contributed by atoms with Crippen LogP contribution in [0.5, 0.6) is 0 Å². The molecule has 1 rings (SSSR count). The van der Waals surface area contributed by atoms with Gasteiger partial charge >= 0.3 is 6.03 Å². The second-order valence-electron chi connectivity index (χ2n) is 3.82. The Kier molecular flexibility index (Phi) is 5.63. The van der Waals surface area contributed by atoms with Gasteiger partial charge in [0.15, 0.2) is 0 Å². The van der Waals surface area contributed by atoms with Gasteiger partial charge in [0.05, 0.1) is 6.10 Å². The molecule has 16 heavy (non-hydrogen) atoms. The van der Waals surface area contributed by atoms with Crippen molar-refractivity contribution in [2.45, 2.75) is 38.2 Å². The molecule has 1 aliphatic carbocycles. The van der Waals surface area contributed by atoms with Gasteiger partial charge in [-0.2, -0.15) is 0 Å². The minimum Gasteiger partial charge on any atom is -0.368 e. The Morgan fingerprint density at radius 1 is 1.19 bits per heavy atom. The quantitative estimate of drug-likeness (QED) is 0.609. The summed E-state index contributed by atoms with van der Waals surface area (Å²) in [6.07, 6.45) is 5.84. The van der Waals surface area contributed by atoms with Crippen LogP contribution in [0.15, 0.2) is 0 Å². The lowest BCUT2D eigenvalue weighted by molar-refractivity contribution is -0.129. The van der Waals surface area contributed by atoms with Gasteiger partial charge in [0, 0.05) is 7.05 Å². The van der Waals surface area contributed by atoms with Gasteiger partial charge in [-0.25, -0.2) is 10.2 Å². The van der Waals surface area contributed by atoms with E-state index in [4.69, 9.17) is 4.74 Å². The summed E-state index contributed by atoms with van der Waals surface area (Å²) in [5.74, 6) is -0.339. The minimum absolute atomic E-state index is 0.00530. The molecule has 0 atom stereocenters. The predicted molar refractivity (Wildman–Crippen MR) is 58.6 cm³/mol. The van der Waals surface area contributed by atoms with E-state index >= 15 is 0 Å². The maximum absolute atomic E-state index is 11.2. The molecular weight excluding hydrogens is 210 g/mol. The topological polar surface area (TPSA) is 79.5 Å². The molecule has 0 bridgehead atoms. The maximum Gasteiger partial charge on any atom is 0.333 e. The van der Waals surface area contributed by atoms with Crippen LogP contribution in [0.4, 0.5) is 4.79 Å². The molecule has 0 aliphatic heterocycles. The van der Waals surface area contributed by atoms with Crippen molar-refractivity contribution >= 4 is 11.9 Å². The van der Waals surface area contributed by atoms with Crippen molar-refractivity contribution in [3.63, 3.8) is 0 Å². The number of hydrogen-bond donors (Lipinski definition) is 3. The fourth-order valence-corrected chi connectivity index (χ4v) is 1.65. The fraction of sp³-hybridized carbons (Fsp3) is 0.800. The molecule has 92 valence electrons. The first-order chi connectivity index (χ1) is 7.72. The molecular formula is C10H19N3O3. The van der Waals surface area contributed by atoms with Gasteiger partial charge in [-0.1, -0.05) is 19.3 Å². The van der Waals surface area contributed by atoms with E-state index in [1.165, 1.54) is 26.3 Å². The summed E-state index contributed by atoms with van der Waals surface area (Å²) in [7, 11) is 1.47. The fourth-order valence-electron chi connectivity index (χ4n) is 1.65. The van der Waals surface area contributed by atoms with E-state index in [1.54, 1.807) is 0 Å². The summed E-state index contributed by atoms with van der Waals surface area (Å²) in [5, 5.41) is 2.32. The molecule has 1 aliphatic rings. The van der Waals surface area contributed by atoms with Gasteiger partial charge in [0.1, 0.15) is 6.61 Å². The summed E-state index contributed by atoms with van der Waals surface area (Å²) in [6.45, 7) is -0.00530. The largest absolute Gasteiger partial charge is 0.368 e. The van der Waals surface area contributed by atoms with Crippen LogP contribution in [0.3, 0.4) is 0 Å². The molecule has 0 aromatic carbocycles. The highest BCUT2D eigenvalue weighted by Gasteiger charge is 2.15. The number of rotatable bonds is 3. The van der Waals surface area contributed by atoms with Gasteiger partial charge in [-0.05, 0) is 12.8 Å². The van der Waals surface area contributed by atoms with Crippen LogP contribution in [0.1, 0.15) is 32.1 Å². The second kappa shape index (κ2) is 7.05. The highest BCUT2D eigenvalue weighted by atomic mass is 16.5. The average Bonchev–Trinajstić information content (AvgIpc) is 2.34. The Morgan fingerprint density at radius 2 is 1.88 bits per heavy atom. The summed E-state index contributed by atoms with van der Waals surface area (Å²) in [4.78, 5) is 22.0. The Morgan fingerprint density at radius 3 is 2.50 bits per heavy atom. The zero-order valence-electron chi connectivity index (χ0n) is 9.54. The number of carbonyl (C=O) groups excluding carboxylic acids is 2. The number of nitrogens with one attached hydrogen (secondary N) is 3. The van der Waals surface area contributed by atoms with Crippen LogP contribution < -0.4 is 16.2 Å². The summed E-state index contributed by atoms with van der Waals surface area (Å²) < 4.78 is 5.43. The van der Waals surface area contributed by atoms with Crippen molar-refractivity contribution < 1.29 is 14.3 Å². The van der Waals surface area contributed by atoms with Crippen molar-refractivity contribution in [1.82, 2.24) is 16.2 Å². The molecule has 6 heteroatoms. The first-order valence-corrected chi connectivity index (χ1v) is 5.60. The second-order valence-corrected chi connectivity index (χ2v) is 3.82. The van der Waals surface area contributed by atoms with Crippen molar-refractivity contribution in [3.8, 4) is 0 Å². The van der Waals surface area contributed by atoms with Crippen molar-refractivity contribution in [2.75, 3.05) is 13.7 Å². The van der Waals surface area contributed by atoms with Crippen LogP contribution in [-0.4, -0.2) is 31.7 Å². The molecule has 0 radical (unpaired) electrons. The number of hydrazine groups is 1. The number of carbonyl (C=O) groups is 2. The molecule has 0 heterocycles. The zero-order chi connectivity index (χ0) is 11.8. The van der Waals surface area contributed by atoms with E-state index < -0.39 is 6.03 Å². The lowest BCUT2D eigenvalue weighted by atomic mass is 9.98. The van der Waals surface area contributed by atoms with Gasteiger partial charge in [-0.3, -0.25) is 10.2 Å². The number of hydrogen-bond acceptors (Lipinski definition) is 3. The molecule has 0 unspecified atom stereocenters. The molecule has 3 amide bonds. The van der Waals surface area contributed by atoms with E-state index in [-0.39, 0.29) is 18.6 Å².